The molecule has 2 saturated heterocycles. The third-order valence-electron chi connectivity index (χ3n) is 5.79. The van der Waals surface area contributed by atoms with Gasteiger partial charge in [0.15, 0.2) is 5.65 Å². The van der Waals surface area contributed by atoms with E-state index in [4.69, 9.17) is 26.2 Å². The Morgan fingerprint density at radius 2 is 2.00 bits per heavy atom. The van der Waals surface area contributed by atoms with Crippen LogP contribution in [0.5, 0.6) is 6.01 Å². The number of fused-ring (bicyclic) bond motifs is 1. The average molecular weight is 458 g/mol. The van der Waals surface area contributed by atoms with E-state index in [-0.39, 0.29) is 12.6 Å². The Bertz CT molecular complexity index is 1110. The molecule has 2 fully saturated rings. The molecule has 3 aromatic rings. The Kier molecular flexibility index (Phi) is 5.86. The Balaban J connectivity index is 1.32. The SMILES string of the molecule is O=C(O)CN1CCC(Oc2nc3nc(-c4ccc(N5CCOCC5)cc4)c(Cl)cc3[nH]2)C1. The number of imidazole rings is 1. The van der Waals surface area contributed by atoms with E-state index >= 15 is 0 Å². The molecule has 0 amide bonds. The topological polar surface area (TPSA) is 104 Å². The van der Waals surface area contributed by atoms with Crippen LogP contribution in [0, 0.1) is 0 Å². The zero-order valence-corrected chi connectivity index (χ0v) is 18.2. The van der Waals surface area contributed by atoms with Crippen LogP contribution in [0.25, 0.3) is 22.4 Å². The normalized spacial score (nSPS) is 19.5. The molecule has 2 aliphatic rings. The number of carboxylic acids is 1. The molecule has 0 spiro atoms. The van der Waals surface area contributed by atoms with E-state index in [0.29, 0.717) is 41.0 Å². The van der Waals surface area contributed by atoms with E-state index in [9.17, 15) is 4.79 Å². The number of likely N-dealkylation sites (tertiary alicyclic amines) is 1. The van der Waals surface area contributed by atoms with Crippen LogP contribution in [0.1, 0.15) is 6.42 Å². The number of carbonyl (C=O) groups is 1. The van der Waals surface area contributed by atoms with Crippen molar-refractivity contribution >= 4 is 34.4 Å². The van der Waals surface area contributed by atoms with Crippen molar-refractivity contribution in [1.29, 1.82) is 0 Å². The molecule has 0 aliphatic carbocycles. The van der Waals surface area contributed by atoms with Crippen molar-refractivity contribution in [2.75, 3.05) is 50.8 Å². The molecule has 168 valence electrons. The summed E-state index contributed by atoms with van der Waals surface area (Å²) in [6.45, 7) is 4.52. The Labute approximate surface area is 189 Å². The molecule has 32 heavy (non-hydrogen) atoms. The first kappa shape index (κ1) is 21.0. The number of hydrogen-bond donors (Lipinski definition) is 2. The zero-order chi connectivity index (χ0) is 22.1. The first-order valence-electron chi connectivity index (χ1n) is 10.7. The predicted molar refractivity (Wildman–Crippen MR) is 120 cm³/mol. The van der Waals surface area contributed by atoms with Gasteiger partial charge >= 0.3 is 5.97 Å². The van der Waals surface area contributed by atoms with Gasteiger partial charge in [-0.3, -0.25) is 9.69 Å². The summed E-state index contributed by atoms with van der Waals surface area (Å²) in [5, 5.41) is 9.47. The summed E-state index contributed by atoms with van der Waals surface area (Å²) >= 11 is 6.53. The minimum atomic E-state index is -0.835. The number of morpholine rings is 1. The third-order valence-corrected chi connectivity index (χ3v) is 6.08. The molecular weight excluding hydrogens is 434 g/mol. The summed E-state index contributed by atoms with van der Waals surface area (Å²) in [5.74, 6) is -0.835. The van der Waals surface area contributed by atoms with E-state index in [1.165, 1.54) is 0 Å². The maximum Gasteiger partial charge on any atom is 0.317 e. The van der Waals surface area contributed by atoms with Gasteiger partial charge in [0.2, 0.25) is 0 Å². The smallest absolute Gasteiger partial charge is 0.317 e. The molecule has 1 aromatic carbocycles. The van der Waals surface area contributed by atoms with Crippen LogP contribution in [-0.2, 0) is 9.53 Å². The minimum absolute atomic E-state index is 0.0187. The monoisotopic (exact) mass is 457 g/mol. The molecule has 1 atom stereocenters. The number of carboxylic acid groups (broad SMARTS) is 1. The summed E-state index contributed by atoms with van der Waals surface area (Å²) in [6.07, 6.45) is 0.636. The maximum atomic E-state index is 10.9. The number of rotatable bonds is 6. The van der Waals surface area contributed by atoms with Crippen molar-refractivity contribution in [1.82, 2.24) is 19.9 Å². The molecule has 9 nitrogen and oxygen atoms in total. The summed E-state index contributed by atoms with van der Waals surface area (Å²) in [6, 6.07) is 10.4. The van der Waals surface area contributed by atoms with Crippen molar-refractivity contribution in [3.8, 4) is 17.3 Å². The van der Waals surface area contributed by atoms with Crippen molar-refractivity contribution in [2.24, 2.45) is 0 Å². The van der Waals surface area contributed by atoms with Crippen molar-refractivity contribution < 1.29 is 19.4 Å². The van der Waals surface area contributed by atoms with Crippen molar-refractivity contribution in [3.05, 3.63) is 35.4 Å². The molecule has 0 radical (unpaired) electrons. The first-order chi connectivity index (χ1) is 15.5. The van der Waals surface area contributed by atoms with Crippen molar-refractivity contribution in [3.63, 3.8) is 0 Å². The quantitative estimate of drug-likeness (QED) is 0.582. The fourth-order valence-electron chi connectivity index (χ4n) is 4.19. The number of hydrogen-bond acceptors (Lipinski definition) is 7. The zero-order valence-electron chi connectivity index (χ0n) is 17.5. The minimum Gasteiger partial charge on any atom is -0.480 e. The number of nitrogens with zero attached hydrogens (tertiary/aromatic N) is 4. The van der Waals surface area contributed by atoms with Crippen LogP contribution in [0.3, 0.4) is 0 Å². The lowest BCUT2D eigenvalue weighted by Crippen LogP contribution is -2.36. The number of halogens is 1. The number of anilines is 1. The van der Waals surface area contributed by atoms with Gasteiger partial charge in [-0.2, -0.15) is 4.98 Å². The van der Waals surface area contributed by atoms with E-state index in [1.807, 2.05) is 17.0 Å². The second-order valence-corrected chi connectivity index (χ2v) is 8.44. The summed E-state index contributed by atoms with van der Waals surface area (Å²) in [5.41, 5.74) is 3.95. The highest BCUT2D eigenvalue weighted by atomic mass is 35.5. The second-order valence-electron chi connectivity index (χ2n) is 8.04. The van der Waals surface area contributed by atoms with Crippen LogP contribution in [-0.4, -0.2) is 83.0 Å². The molecule has 2 aromatic heterocycles. The fraction of sp³-hybridized carbons (Fsp3) is 0.409. The molecule has 2 aliphatic heterocycles. The average Bonchev–Trinajstić information content (AvgIpc) is 3.39. The van der Waals surface area contributed by atoms with Gasteiger partial charge in [0.05, 0.1) is 36.0 Å². The van der Waals surface area contributed by atoms with Gasteiger partial charge in [-0.05, 0) is 24.6 Å². The molecule has 0 bridgehead atoms. The van der Waals surface area contributed by atoms with E-state index in [0.717, 1.165) is 44.0 Å². The Morgan fingerprint density at radius 3 is 2.75 bits per heavy atom. The lowest BCUT2D eigenvalue weighted by Gasteiger charge is -2.28. The lowest BCUT2D eigenvalue weighted by molar-refractivity contribution is -0.138. The molecule has 10 heteroatoms. The number of H-pyrrole nitrogens is 1. The number of nitrogens with one attached hydrogen (secondary N) is 1. The van der Waals surface area contributed by atoms with E-state index < -0.39 is 5.97 Å². The summed E-state index contributed by atoms with van der Waals surface area (Å²) in [4.78, 5) is 27.3. The summed E-state index contributed by atoms with van der Waals surface area (Å²) in [7, 11) is 0. The van der Waals surface area contributed by atoms with Gasteiger partial charge in [-0.15, -0.1) is 0 Å². The van der Waals surface area contributed by atoms with Crippen LogP contribution in [0.2, 0.25) is 5.02 Å². The number of pyridine rings is 1. The fourth-order valence-corrected chi connectivity index (χ4v) is 4.45. The van der Waals surface area contributed by atoms with E-state index in [2.05, 4.69) is 32.0 Å². The number of ether oxygens (including phenoxy) is 2. The number of aliphatic carboxylic acids is 1. The molecular formula is C22H24ClN5O4. The van der Waals surface area contributed by atoms with Gasteiger partial charge in [-0.25, -0.2) is 4.98 Å². The highest BCUT2D eigenvalue weighted by molar-refractivity contribution is 6.33. The number of aromatic nitrogens is 3. The molecule has 2 N–H and O–H groups in total. The maximum absolute atomic E-state index is 10.9. The standard InChI is InChI=1S/C22H24ClN5O4/c23-17-11-18-21(26-22(24-18)32-16-5-6-27(12-16)13-19(29)30)25-20(17)14-1-3-15(4-2-14)28-7-9-31-10-8-28/h1-4,11,16H,5-10,12-13H2,(H,29,30)(H,24,25,26). The predicted octanol–water partition coefficient (Wildman–Crippen LogP) is 2.65. The van der Waals surface area contributed by atoms with Gasteiger partial charge in [0, 0.05) is 37.4 Å². The second kappa shape index (κ2) is 8.93. The highest BCUT2D eigenvalue weighted by Gasteiger charge is 2.26. The molecule has 4 heterocycles. The number of aromatic amines is 1. The van der Waals surface area contributed by atoms with E-state index in [1.54, 1.807) is 6.07 Å². The van der Waals surface area contributed by atoms with Crippen LogP contribution in [0.15, 0.2) is 30.3 Å². The van der Waals surface area contributed by atoms with Crippen LogP contribution >= 0.6 is 11.6 Å². The van der Waals surface area contributed by atoms with Crippen LogP contribution in [0.4, 0.5) is 5.69 Å². The van der Waals surface area contributed by atoms with Gasteiger partial charge in [-0.1, -0.05) is 23.7 Å². The van der Waals surface area contributed by atoms with Gasteiger partial charge in [0.25, 0.3) is 6.01 Å². The first-order valence-corrected chi connectivity index (χ1v) is 11.0. The third kappa shape index (κ3) is 4.50. The van der Waals surface area contributed by atoms with Gasteiger partial charge in [0.1, 0.15) is 6.10 Å². The van der Waals surface area contributed by atoms with Crippen LogP contribution < -0.4 is 9.64 Å². The number of benzene rings is 1. The highest BCUT2D eigenvalue weighted by Crippen LogP contribution is 2.31. The Morgan fingerprint density at radius 1 is 1.22 bits per heavy atom. The largest absolute Gasteiger partial charge is 0.480 e. The van der Waals surface area contributed by atoms with Crippen molar-refractivity contribution in [2.45, 2.75) is 12.5 Å². The molecule has 1 unspecified atom stereocenters. The molecule has 0 saturated carbocycles. The Hall–Kier alpha value is -2.88. The summed E-state index contributed by atoms with van der Waals surface area (Å²) < 4.78 is 11.4. The van der Waals surface area contributed by atoms with Gasteiger partial charge < -0.3 is 24.5 Å². The lowest BCUT2D eigenvalue weighted by atomic mass is 10.1. The molecule has 5 rings (SSSR count).